The highest BCUT2D eigenvalue weighted by Crippen LogP contribution is 2.39. The Balaban J connectivity index is 1.72. The predicted octanol–water partition coefficient (Wildman–Crippen LogP) is 4.29. The zero-order chi connectivity index (χ0) is 21.3. The van der Waals surface area contributed by atoms with Gasteiger partial charge in [0, 0.05) is 10.4 Å². The van der Waals surface area contributed by atoms with Gasteiger partial charge in [-0.15, -0.1) is 0 Å². The van der Waals surface area contributed by atoms with E-state index in [1.807, 2.05) is 12.1 Å². The molecule has 30 heavy (non-hydrogen) atoms. The molecule has 1 fully saturated rings. The van der Waals surface area contributed by atoms with Gasteiger partial charge in [-0.1, -0.05) is 55.8 Å². The molecule has 1 saturated carbocycles. The van der Waals surface area contributed by atoms with Gasteiger partial charge in [0.1, 0.15) is 23.0 Å². The largest absolute Gasteiger partial charge is 0.507 e. The zero-order valence-electron chi connectivity index (χ0n) is 17.0. The Labute approximate surface area is 176 Å². The van der Waals surface area contributed by atoms with Gasteiger partial charge >= 0.3 is 0 Å². The van der Waals surface area contributed by atoms with Crippen molar-refractivity contribution in [3.63, 3.8) is 0 Å². The summed E-state index contributed by atoms with van der Waals surface area (Å²) in [5, 5.41) is 42.8. The van der Waals surface area contributed by atoms with Crippen LogP contribution in [0.3, 0.4) is 0 Å². The maximum Gasteiger partial charge on any atom is 0.134 e. The lowest BCUT2D eigenvalue weighted by molar-refractivity contribution is 0.281. The first-order valence-electron chi connectivity index (χ1n) is 10.6. The fraction of sp³-hybridized carbons (Fsp3) is 0.308. The summed E-state index contributed by atoms with van der Waals surface area (Å²) in [6.07, 6.45) is 8.64. The topological polar surface area (TPSA) is 80.9 Å². The number of hydrogen-bond donors (Lipinski definition) is 4. The van der Waals surface area contributed by atoms with E-state index in [0.29, 0.717) is 11.1 Å². The van der Waals surface area contributed by atoms with E-state index in [1.165, 1.54) is 24.1 Å². The minimum absolute atomic E-state index is 0.0268. The Morgan fingerprint density at radius 1 is 0.867 bits per heavy atom. The van der Waals surface area contributed by atoms with Crippen molar-refractivity contribution in [1.82, 2.24) is 0 Å². The van der Waals surface area contributed by atoms with Crippen LogP contribution in [0.1, 0.15) is 37.7 Å². The van der Waals surface area contributed by atoms with Crippen molar-refractivity contribution in [2.75, 3.05) is 0 Å². The molecule has 0 heterocycles. The fourth-order valence-corrected chi connectivity index (χ4v) is 4.80. The van der Waals surface area contributed by atoms with Crippen molar-refractivity contribution >= 4 is 23.4 Å². The SMILES string of the molecule is C=c1cc(O)c2c(O)c(=CC3CCCCC3CCc3ccccc3)cc(O)c2c1O. The Morgan fingerprint density at radius 3 is 2.30 bits per heavy atom. The van der Waals surface area contributed by atoms with E-state index in [2.05, 4.69) is 30.8 Å². The smallest absolute Gasteiger partial charge is 0.134 e. The molecule has 0 aromatic heterocycles. The molecule has 0 bridgehead atoms. The minimum atomic E-state index is -0.236. The standard InChI is InChI=1S/C26H28O4/c1-16-13-21(27)24-23(25(16)29)22(28)15-20(26(24)30)14-19-10-6-5-9-18(19)12-11-17-7-3-2-4-8-17/h2-4,7-8,13-15,18-19,27-30H,1,5-6,9-12H2. The van der Waals surface area contributed by atoms with Crippen LogP contribution in [0.2, 0.25) is 0 Å². The van der Waals surface area contributed by atoms with E-state index in [1.54, 1.807) is 0 Å². The highest BCUT2D eigenvalue weighted by atomic mass is 16.3. The van der Waals surface area contributed by atoms with Crippen molar-refractivity contribution in [1.29, 1.82) is 0 Å². The predicted molar refractivity (Wildman–Crippen MR) is 120 cm³/mol. The summed E-state index contributed by atoms with van der Waals surface area (Å²) < 4.78 is 0. The summed E-state index contributed by atoms with van der Waals surface area (Å²) in [6, 6.07) is 13.2. The quantitative estimate of drug-likeness (QED) is 0.489. The second-order valence-corrected chi connectivity index (χ2v) is 8.39. The van der Waals surface area contributed by atoms with Crippen LogP contribution in [0, 0.1) is 11.8 Å². The molecule has 4 rings (SSSR count). The van der Waals surface area contributed by atoms with Gasteiger partial charge in [-0.25, -0.2) is 0 Å². The lowest BCUT2D eigenvalue weighted by Crippen LogP contribution is -2.20. The fourth-order valence-electron chi connectivity index (χ4n) is 4.80. The van der Waals surface area contributed by atoms with Crippen molar-refractivity contribution in [3.8, 4) is 23.0 Å². The van der Waals surface area contributed by atoms with Crippen molar-refractivity contribution in [2.45, 2.75) is 38.5 Å². The van der Waals surface area contributed by atoms with E-state index in [9.17, 15) is 20.4 Å². The average molecular weight is 405 g/mol. The third kappa shape index (κ3) is 3.82. The van der Waals surface area contributed by atoms with Gasteiger partial charge in [0.25, 0.3) is 0 Å². The molecule has 4 N–H and O–H groups in total. The molecule has 3 aromatic rings. The molecular weight excluding hydrogens is 376 g/mol. The lowest BCUT2D eigenvalue weighted by Gasteiger charge is -2.29. The number of hydrogen-bond acceptors (Lipinski definition) is 4. The van der Waals surface area contributed by atoms with Crippen molar-refractivity contribution < 1.29 is 20.4 Å². The summed E-state index contributed by atoms with van der Waals surface area (Å²) in [6.45, 7) is 3.66. The molecule has 156 valence electrons. The second-order valence-electron chi connectivity index (χ2n) is 8.39. The van der Waals surface area contributed by atoms with E-state index in [0.717, 1.165) is 32.1 Å². The first-order valence-corrected chi connectivity index (χ1v) is 10.6. The summed E-state index contributed by atoms with van der Waals surface area (Å²) in [5.41, 5.74) is 1.33. The number of rotatable bonds is 4. The summed E-state index contributed by atoms with van der Waals surface area (Å²) in [5.74, 6) is 0.0427. The van der Waals surface area contributed by atoms with Gasteiger partial charge in [-0.2, -0.15) is 0 Å². The van der Waals surface area contributed by atoms with Crippen LogP contribution >= 0.6 is 0 Å². The molecule has 1 aliphatic rings. The van der Waals surface area contributed by atoms with Crippen LogP contribution in [0.5, 0.6) is 23.0 Å². The van der Waals surface area contributed by atoms with Crippen LogP contribution in [-0.4, -0.2) is 20.4 Å². The second kappa shape index (κ2) is 8.31. The molecule has 0 radical (unpaired) electrons. The number of fused-ring (bicyclic) bond motifs is 1. The normalized spacial score (nSPS) is 19.9. The molecule has 0 aliphatic heterocycles. The minimum Gasteiger partial charge on any atom is -0.507 e. The zero-order valence-corrected chi connectivity index (χ0v) is 17.0. The Hall–Kier alpha value is -3.14. The summed E-state index contributed by atoms with van der Waals surface area (Å²) in [4.78, 5) is 0. The number of phenolic OH excluding ortho intramolecular Hbond substituents is 4. The third-order valence-electron chi connectivity index (χ3n) is 6.42. The summed E-state index contributed by atoms with van der Waals surface area (Å²) >= 11 is 0. The molecule has 0 saturated heterocycles. The average Bonchev–Trinajstić information content (AvgIpc) is 2.74. The van der Waals surface area contributed by atoms with Gasteiger partial charge in [0.15, 0.2) is 0 Å². The van der Waals surface area contributed by atoms with E-state index in [4.69, 9.17) is 0 Å². The lowest BCUT2D eigenvalue weighted by atomic mass is 9.76. The van der Waals surface area contributed by atoms with Gasteiger partial charge in [0.2, 0.25) is 0 Å². The number of aryl methyl sites for hydroxylation is 1. The van der Waals surface area contributed by atoms with E-state index < -0.39 is 0 Å². The molecule has 2 unspecified atom stereocenters. The maximum absolute atomic E-state index is 10.9. The molecule has 3 aromatic carbocycles. The van der Waals surface area contributed by atoms with Crippen LogP contribution in [0.25, 0.3) is 23.4 Å². The molecular formula is C26H28O4. The third-order valence-corrected chi connectivity index (χ3v) is 6.42. The molecule has 4 nitrogen and oxygen atoms in total. The Kier molecular flexibility index (Phi) is 5.58. The highest BCUT2D eigenvalue weighted by Gasteiger charge is 2.24. The molecule has 2 atom stereocenters. The first-order chi connectivity index (χ1) is 14.5. The van der Waals surface area contributed by atoms with Gasteiger partial charge < -0.3 is 20.4 Å². The van der Waals surface area contributed by atoms with Crippen LogP contribution in [0.15, 0.2) is 42.5 Å². The van der Waals surface area contributed by atoms with Crippen LogP contribution < -0.4 is 10.4 Å². The van der Waals surface area contributed by atoms with Gasteiger partial charge in [-0.3, -0.25) is 0 Å². The van der Waals surface area contributed by atoms with Crippen LogP contribution in [-0.2, 0) is 6.42 Å². The monoisotopic (exact) mass is 404 g/mol. The first kappa shape index (κ1) is 20.1. The molecule has 0 spiro atoms. The van der Waals surface area contributed by atoms with E-state index in [-0.39, 0.29) is 44.9 Å². The maximum atomic E-state index is 10.9. The van der Waals surface area contributed by atoms with Crippen molar-refractivity contribution in [3.05, 3.63) is 58.5 Å². The molecule has 4 heteroatoms. The van der Waals surface area contributed by atoms with E-state index >= 15 is 0 Å². The number of aromatic hydroxyl groups is 4. The number of phenols is 4. The highest BCUT2D eigenvalue weighted by molar-refractivity contribution is 6.01. The van der Waals surface area contributed by atoms with Gasteiger partial charge in [-0.05, 0) is 55.2 Å². The van der Waals surface area contributed by atoms with Crippen LogP contribution in [0.4, 0.5) is 0 Å². The Morgan fingerprint density at radius 2 is 1.53 bits per heavy atom. The summed E-state index contributed by atoms with van der Waals surface area (Å²) in [7, 11) is 0. The van der Waals surface area contributed by atoms with Gasteiger partial charge in [0.05, 0.1) is 10.8 Å². The molecule has 1 aliphatic carbocycles. The number of benzene rings is 3. The Bertz CT molecular complexity index is 1170. The van der Waals surface area contributed by atoms with Crippen molar-refractivity contribution in [2.24, 2.45) is 11.8 Å². The molecule has 0 amide bonds.